The SMILES string of the molecule is N[C@@H]1c2ccc(OC(F)F)cc2C[C@@H]1O. The fourth-order valence-corrected chi connectivity index (χ4v) is 1.82. The van der Waals surface area contributed by atoms with Crippen molar-refractivity contribution in [2.75, 3.05) is 0 Å². The summed E-state index contributed by atoms with van der Waals surface area (Å²) in [5.74, 6) is 0.102. The van der Waals surface area contributed by atoms with Crippen LogP contribution in [0.1, 0.15) is 17.2 Å². The first kappa shape index (κ1) is 10.3. The average Bonchev–Trinajstić information content (AvgIpc) is 2.41. The molecule has 0 spiro atoms. The summed E-state index contributed by atoms with van der Waals surface area (Å²) < 4.78 is 28.1. The summed E-state index contributed by atoms with van der Waals surface area (Å²) in [6.07, 6.45) is -0.251. The van der Waals surface area contributed by atoms with E-state index in [0.717, 1.165) is 11.1 Å². The molecule has 15 heavy (non-hydrogen) atoms. The minimum atomic E-state index is -2.83. The number of nitrogens with two attached hydrogens (primary N) is 1. The van der Waals surface area contributed by atoms with Crippen LogP contribution in [0.2, 0.25) is 0 Å². The highest BCUT2D eigenvalue weighted by Crippen LogP contribution is 2.32. The summed E-state index contributed by atoms with van der Waals surface area (Å²) in [6.45, 7) is -2.83. The smallest absolute Gasteiger partial charge is 0.387 e. The number of fused-ring (bicyclic) bond motifs is 1. The Kier molecular flexibility index (Phi) is 2.58. The highest BCUT2D eigenvalue weighted by Gasteiger charge is 2.28. The topological polar surface area (TPSA) is 55.5 Å². The number of alkyl halides is 2. The van der Waals surface area contributed by atoms with E-state index in [0.29, 0.717) is 6.42 Å². The minimum Gasteiger partial charge on any atom is -0.435 e. The Bertz CT molecular complexity index is 370. The van der Waals surface area contributed by atoms with Gasteiger partial charge in [-0.2, -0.15) is 8.78 Å². The fourth-order valence-electron chi connectivity index (χ4n) is 1.82. The molecule has 3 nitrogen and oxygen atoms in total. The molecular weight excluding hydrogens is 204 g/mol. The van der Waals surface area contributed by atoms with Gasteiger partial charge in [-0.3, -0.25) is 0 Å². The van der Waals surface area contributed by atoms with Crippen LogP contribution in [0.15, 0.2) is 18.2 Å². The summed E-state index contributed by atoms with van der Waals surface area (Å²) in [7, 11) is 0. The van der Waals surface area contributed by atoms with E-state index in [2.05, 4.69) is 4.74 Å². The van der Waals surface area contributed by atoms with Crippen molar-refractivity contribution in [3.05, 3.63) is 29.3 Å². The maximum absolute atomic E-state index is 11.9. The summed E-state index contributed by atoms with van der Waals surface area (Å²) >= 11 is 0. The number of halogens is 2. The molecule has 1 aromatic carbocycles. The lowest BCUT2D eigenvalue weighted by Gasteiger charge is -2.09. The Morgan fingerprint density at radius 2 is 2.20 bits per heavy atom. The molecule has 1 aliphatic rings. The first-order valence-electron chi connectivity index (χ1n) is 4.59. The Labute approximate surface area is 85.5 Å². The summed E-state index contributed by atoms with van der Waals surface area (Å²) in [6, 6.07) is 4.12. The lowest BCUT2D eigenvalue weighted by Crippen LogP contribution is -2.21. The highest BCUT2D eigenvalue weighted by molar-refractivity contribution is 5.41. The van der Waals surface area contributed by atoms with Gasteiger partial charge in [-0.15, -0.1) is 0 Å². The van der Waals surface area contributed by atoms with Crippen LogP contribution in [0.3, 0.4) is 0 Å². The third kappa shape index (κ3) is 1.93. The third-order valence-electron chi connectivity index (χ3n) is 2.54. The van der Waals surface area contributed by atoms with Gasteiger partial charge < -0.3 is 15.6 Å². The molecule has 82 valence electrons. The number of hydrogen-bond acceptors (Lipinski definition) is 3. The Morgan fingerprint density at radius 1 is 1.47 bits per heavy atom. The minimum absolute atomic E-state index is 0.102. The van der Waals surface area contributed by atoms with Crippen molar-refractivity contribution in [3.63, 3.8) is 0 Å². The summed E-state index contributed by atoms with van der Waals surface area (Å²) in [4.78, 5) is 0. The highest BCUT2D eigenvalue weighted by atomic mass is 19.3. The van der Waals surface area contributed by atoms with Crippen LogP contribution in [-0.4, -0.2) is 17.8 Å². The zero-order valence-electron chi connectivity index (χ0n) is 7.86. The van der Waals surface area contributed by atoms with Crippen LogP contribution in [0.5, 0.6) is 5.75 Å². The Balaban J connectivity index is 2.25. The van der Waals surface area contributed by atoms with Crippen LogP contribution in [0.25, 0.3) is 0 Å². The van der Waals surface area contributed by atoms with E-state index in [9.17, 15) is 13.9 Å². The second kappa shape index (κ2) is 3.75. The monoisotopic (exact) mass is 215 g/mol. The molecule has 5 heteroatoms. The number of hydrogen-bond donors (Lipinski definition) is 2. The second-order valence-electron chi connectivity index (χ2n) is 3.54. The van der Waals surface area contributed by atoms with E-state index in [1.165, 1.54) is 12.1 Å². The van der Waals surface area contributed by atoms with Crippen molar-refractivity contribution in [1.82, 2.24) is 0 Å². The van der Waals surface area contributed by atoms with Crippen LogP contribution in [0.4, 0.5) is 8.78 Å². The van der Waals surface area contributed by atoms with Crippen molar-refractivity contribution in [2.24, 2.45) is 5.73 Å². The van der Waals surface area contributed by atoms with Gasteiger partial charge in [0.2, 0.25) is 0 Å². The lowest BCUT2D eigenvalue weighted by molar-refractivity contribution is -0.0498. The molecular formula is C10H11F2NO2. The molecule has 0 saturated carbocycles. The maximum atomic E-state index is 11.9. The third-order valence-corrected chi connectivity index (χ3v) is 2.54. The molecule has 0 bridgehead atoms. The van der Waals surface area contributed by atoms with Gasteiger partial charge in [-0.25, -0.2) is 0 Å². The molecule has 0 aliphatic heterocycles. The number of rotatable bonds is 2. The molecule has 0 amide bonds. The Morgan fingerprint density at radius 3 is 2.87 bits per heavy atom. The first-order chi connectivity index (χ1) is 7.08. The van der Waals surface area contributed by atoms with Crippen molar-refractivity contribution in [1.29, 1.82) is 0 Å². The molecule has 2 rings (SSSR count). The quantitative estimate of drug-likeness (QED) is 0.779. The second-order valence-corrected chi connectivity index (χ2v) is 3.54. The van der Waals surface area contributed by atoms with Gasteiger partial charge in [0.15, 0.2) is 0 Å². The maximum Gasteiger partial charge on any atom is 0.387 e. The predicted molar refractivity (Wildman–Crippen MR) is 49.7 cm³/mol. The van der Waals surface area contributed by atoms with Gasteiger partial charge in [-0.1, -0.05) is 6.07 Å². The van der Waals surface area contributed by atoms with Gasteiger partial charge in [0.1, 0.15) is 5.75 Å². The van der Waals surface area contributed by atoms with E-state index in [1.54, 1.807) is 6.07 Å². The van der Waals surface area contributed by atoms with Crippen molar-refractivity contribution in [2.45, 2.75) is 25.2 Å². The van der Waals surface area contributed by atoms with Crippen molar-refractivity contribution < 1.29 is 18.6 Å². The zero-order chi connectivity index (χ0) is 11.0. The van der Waals surface area contributed by atoms with Crippen LogP contribution in [0, 0.1) is 0 Å². The van der Waals surface area contributed by atoms with E-state index in [4.69, 9.17) is 5.73 Å². The van der Waals surface area contributed by atoms with Crippen molar-refractivity contribution >= 4 is 0 Å². The molecule has 3 N–H and O–H groups in total. The summed E-state index contributed by atoms with van der Waals surface area (Å²) in [5.41, 5.74) is 7.27. The molecule has 1 aliphatic carbocycles. The van der Waals surface area contributed by atoms with Gasteiger partial charge in [0.25, 0.3) is 0 Å². The standard InChI is InChI=1S/C10H11F2NO2/c11-10(12)15-6-1-2-7-5(3-6)4-8(14)9(7)13/h1-3,8-10,14H,4,13H2/t8-,9+/m0/s1. The zero-order valence-corrected chi connectivity index (χ0v) is 7.86. The molecule has 0 unspecified atom stereocenters. The van der Waals surface area contributed by atoms with E-state index in [1.807, 2.05) is 0 Å². The van der Waals surface area contributed by atoms with Gasteiger partial charge in [0, 0.05) is 6.42 Å². The van der Waals surface area contributed by atoms with E-state index in [-0.39, 0.29) is 5.75 Å². The molecule has 0 saturated heterocycles. The normalized spacial score (nSPS) is 24.3. The summed E-state index contributed by atoms with van der Waals surface area (Å²) in [5, 5.41) is 9.48. The first-order valence-corrected chi connectivity index (χ1v) is 4.59. The van der Waals surface area contributed by atoms with Gasteiger partial charge in [-0.05, 0) is 23.3 Å². The van der Waals surface area contributed by atoms with Crippen LogP contribution < -0.4 is 10.5 Å². The number of benzene rings is 1. The van der Waals surface area contributed by atoms with Crippen LogP contribution in [-0.2, 0) is 6.42 Å². The van der Waals surface area contributed by atoms with E-state index >= 15 is 0 Å². The molecule has 2 atom stereocenters. The molecule has 1 aromatic rings. The largest absolute Gasteiger partial charge is 0.435 e. The lowest BCUT2D eigenvalue weighted by atomic mass is 10.1. The predicted octanol–water partition coefficient (Wildman–Crippen LogP) is 1.20. The van der Waals surface area contributed by atoms with Gasteiger partial charge in [0.05, 0.1) is 12.1 Å². The van der Waals surface area contributed by atoms with Gasteiger partial charge >= 0.3 is 6.61 Å². The van der Waals surface area contributed by atoms with E-state index < -0.39 is 18.8 Å². The Hall–Kier alpha value is -1.20. The molecule has 0 aromatic heterocycles. The average molecular weight is 215 g/mol. The number of ether oxygens (including phenoxy) is 1. The number of aliphatic hydroxyl groups excluding tert-OH is 1. The fraction of sp³-hybridized carbons (Fsp3) is 0.400. The molecule has 0 radical (unpaired) electrons. The molecule has 0 fully saturated rings. The number of aliphatic hydroxyl groups is 1. The molecule has 0 heterocycles. The van der Waals surface area contributed by atoms with Crippen LogP contribution >= 0.6 is 0 Å². The van der Waals surface area contributed by atoms with Crippen molar-refractivity contribution in [3.8, 4) is 5.75 Å².